The molecule has 1 fully saturated rings. The van der Waals surface area contributed by atoms with Gasteiger partial charge in [0.05, 0.1) is 19.3 Å². The van der Waals surface area contributed by atoms with Gasteiger partial charge in [-0.1, -0.05) is 0 Å². The fraction of sp³-hybridized carbons (Fsp3) is 0.562. The Balaban J connectivity index is 1.65. The van der Waals surface area contributed by atoms with Gasteiger partial charge >= 0.3 is 0 Å². The third-order valence-electron chi connectivity index (χ3n) is 3.38. The van der Waals surface area contributed by atoms with Crippen molar-refractivity contribution in [3.05, 3.63) is 24.3 Å². The van der Waals surface area contributed by atoms with Crippen molar-refractivity contribution in [1.29, 1.82) is 0 Å². The van der Waals surface area contributed by atoms with Gasteiger partial charge in [-0.2, -0.15) is 0 Å². The molecule has 0 aliphatic carbocycles. The minimum atomic E-state index is -0.0638. The molecule has 1 atom stereocenters. The average molecular weight is 308 g/mol. The average Bonchev–Trinajstić information content (AvgIpc) is 3.03. The van der Waals surface area contributed by atoms with Gasteiger partial charge in [0.2, 0.25) is 5.91 Å². The molecular formula is C16H24N2O4. The molecule has 0 spiro atoms. The Morgan fingerprint density at radius 2 is 2.14 bits per heavy atom. The van der Waals surface area contributed by atoms with E-state index in [9.17, 15) is 4.79 Å². The van der Waals surface area contributed by atoms with Crippen LogP contribution in [-0.2, 0) is 14.3 Å². The second kappa shape index (κ2) is 9.40. The molecule has 22 heavy (non-hydrogen) atoms. The summed E-state index contributed by atoms with van der Waals surface area (Å²) < 4.78 is 15.9. The largest absolute Gasteiger partial charge is 0.491 e. The van der Waals surface area contributed by atoms with Crippen LogP contribution in [0, 0.1) is 0 Å². The maximum Gasteiger partial charge on any atom is 0.238 e. The number of carbonyl (C=O) groups excluding carboxylic acids is 1. The van der Waals surface area contributed by atoms with Crippen molar-refractivity contribution in [3.63, 3.8) is 0 Å². The topological polar surface area (TPSA) is 68.8 Å². The van der Waals surface area contributed by atoms with Crippen molar-refractivity contribution >= 4 is 11.6 Å². The van der Waals surface area contributed by atoms with Crippen molar-refractivity contribution in [1.82, 2.24) is 5.32 Å². The highest BCUT2D eigenvalue weighted by Gasteiger charge is 2.15. The Kier molecular flexibility index (Phi) is 7.15. The predicted molar refractivity (Wildman–Crippen MR) is 84.3 cm³/mol. The predicted octanol–water partition coefficient (Wildman–Crippen LogP) is 1.42. The number of amides is 1. The summed E-state index contributed by atoms with van der Waals surface area (Å²) in [6, 6.07) is 7.29. The molecule has 0 aromatic heterocycles. The minimum Gasteiger partial charge on any atom is -0.491 e. The minimum absolute atomic E-state index is 0.0638. The van der Waals surface area contributed by atoms with E-state index in [0.29, 0.717) is 13.2 Å². The van der Waals surface area contributed by atoms with E-state index in [2.05, 4.69) is 10.6 Å². The molecule has 2 N–H and O–H groups in total. The van der Waals surface area contributed by atoms with Crippen LogP contribution in [0.2, 0.25) is 0 Å². The molecule has 6 nitrogen and oxygen atoms in total. The molecule has 1 aromatic carbocycles. The smallest absolute Gasteiger partial charge is 0.238 e. The summed E-state index contributed by atoms with van der Waals surface area (Å²) in [4.78, 5) is 11.8. The van der Waals surface area contributed by atoms with Gasteiger partial charge in [0.15, 0.2) is 0 Å². The van der Waals surface area contributed by atoms with E-state index in [1.165, 1.54) is 0 Å². The maximum absolute atomic E-state index is 11.8. The quantitative estimate of drug-likeness (QED) is 0.675. The van der Waals surface area contributed by atoms with Crippen LogP contribution in [0.5, 0.6) is 5.75 Å². The summed E-state index contributed by atoms with van der Waals surface area (Å²) in [5.41, 5.74) is 0.753. The van der Waals surface area contributed by atoms with Crippen LogP contribution in [0.15, 0.2) is 24.3 Å². The summed E-state index contributed by atoms with van der Waals surface area (Å²) in [7, 11) is 1.63. The number of hydrogen-bond donors (Lipinski definition) is 2. The summed E-state index contributed by atoms with van der Waals surface area (Å²) in [6.45, 7) is 2.90. The SMILES string of the molecule is COCCOc1ccc(NC(=O)CNCC2CCCO2)cc1. The molecule has 6 heteroatoms. The monoisotopic (exact) mass is 308 g/mol. The standard InChI is InChI=1S/C16H24N2O4/c1-20-9-10-22-14-6-4-13(5-7-14)18-16(19)12-17-11-15-3-2-8-21-15/h4-7,15,17H,2-3,8-12H2,1H3,(H,18,19). The molecule has 1 unspecified atom stereocenters. The molecular weight excluding hydrogens is 284 g/mol. The molecule has 0 radical (unpaired) electrons. The Morgan fingerprint density at radius 3 is 2.82 bits per heavy atom. The third-order valence-corrected chi connectivity index (χ3v) is 3.38. The summed E-state index contributed by atoms with van der Waals surface area (Å²) >= 11 is 0. The fourth-order valence-electron chi connectivity index (χ4n) is 2.23. The Labute approximate surface area is 131 Å². The molecule has 1 heterocycles. The van der Waals surface area contributed by atoms with Crippen LogP contribution in [0.25, 0.3) is 0 Å². The highest BCUT2D eigenvalue weighted by molar-refractivity contribution is 5.92. The van der Waals surface area contributed by atoms with E-state index in [4.69, 9.17) is 14.2 Å². The Bertz CT molecular complexity index is 444. The zero-order chi connectivity index (χ0) is 15.6. The fourth-order valence-corrected chi connectivity index (χ4v) is 2.23. The molecule has 1 aliphatic rings. The van der Waals surface area contributed by atoms with Crippen LogP contribution >= 0.6 is 0 Å². The molecule has 1 amide bonds. The number of ether oxygens (including phenoxy) is 3. The first-order valence-electron chi connectivity index (χ1n) is 7.62. The highest BCUT2D eigenvalue weighted by Crippen LogP contribution is 2.15. The molecule has 1 saturated heterocycles. The first kappa shape index (κ1) is 16.7. The van der Waals surface area contributed by atoms with Gasteiger partial charge in [0, 0.05) is 25.9 Å². The highest BCUT2D eigenvalue weighted by atomic mass is 16.5. The lowest BCUT2D eigenvalue weighted by Gasteiger charge is -2.11. The second-order valence-corrected chi connectivity index (χ2v) is 5.18. The number of anilines is 1. The van der Waals surface area contributed by atoms with Crippen molar-refractivity contribution in [2.45, 2.75) is 18.9 Å². The Hall–Kier alpha value is -1.63. The van der Waals surface area contributed by atoms with E-state index < -0.39 is 0 Å². The zero-order valence-corrected chi connectivity index (χ0v) is 13.0. The van der Waals surface area contributed by atoms with Crippen molar-refractivity contribution < 1.29 is 19.0 Å². The first-order chi connectivity index (χ1) is 10.8. The number of carbonyl (C=O) groups is 1. The number of methoxy groups -OCH3 is 1. The zero-order valence-electron chi connectivity index (χ0n) is 13.0. The van der Waals surface area contributed by atoms with E-state index in [1.807, 2.05) is 24.3 Å². The van der Waals surface area contributed by atoms with E-state index in [0.717, 1.165) is 37.4 Å². The summed E-state index contributed by atoms with van der Waals surface area (Å²) in [5.74, 6) is 0.692. The van der Waals surface area contributed by atoms with E-state index >= 15 is 0 Å². The van der Waals surface area contributed by atoms with Gasteiger partial charge in [0.25, 0.3) is 0 Å². The van der Waals surface area contributed by atoms with Gasteiger partial charge in [-0.3, -0.25) is 4.79 Å². The van der Waals surface area contributed by atoms with Crippen molar-refractivity contribution in [2.24, 2.45) is 0 Å². The lowest BCUT2D eigenvalue weighted by Crippen LogP contribution is -2.33. The maximum atomic E-state index is 11.8. The van der Waals surface area contributed by atoms with Gasteiger partial charge in [-0.05, 0) is 37.1 Å². The van der Waals surface area contributed by atoms with Gasteiger partial charge in [-0.15, -0.1) is 0 Å². The van der Waals surface area contributed by atoms with Crippen molar-refractivity contribution in [3.8, 4) is 5.75 Å². The summed E-state index contributed by atoms with van der Waals surface area (Å²) in [6.07, 6.45) is 2.42. The van der Waals surface area contributed by atoms with E-state index in [1.54, 1.807) is 7.11 Å². The second-order valence-electron chi connectivity index (χ2n) is 5.18. The van der Waals surface area contributed by atoms with Crippen LogP contribution in [0.4, 0.5) is 5.69 Å². The molecule has 0 saturated carbocycles. The van der Waals surface area contributed by atoms with E-state index in [-0.39, 0.29) is 18.6 Å². The normalized spacial score (nSPS) is 17.4. The number of hydrogen-bond acceptors (Lipinski definition) is 5. The number of benzene rings is 1. The lowest BCUT2D eigenvalue weighted by molar-refractivity contribution is -0.115. The van der Waals surface area contributed by atoms with Crippen molar-refractivity contribution in [2.75, 3.05) is 45.3 Å². The third kappa shape index (κ3) is 6.01. The molecule has 1 aromatic rings. The van der Waals surface area contributed by atoms with Gasteiger partial charge in [0.1, 0.15) is 12.4 Å². The Morgan fingerprint density at radius 1 is 1.32 bits per heavy atom. The number of rotatable bonds is 9. The first-order valence-corrected chi connectivity index (χ1v) is 7.62. The van der Waals surface area contributed by atoms with Gasteiger partial charge < -0.3 is 24.8 Å². The molecule has 122 valence electrons. The molecule has 0 bridgehead atoms. The molecule has 2 rings (SSSR count). The van der Waals surface area contributed by atoms with Gasteiger partial charge in [-0.25, -0.2) is 0 Å². The molecule has 1 aliphatic heterocycles. The van der Waals surface area contributed by atoms with Crippen LogP contribution < -0.4 is 15.4 Å². The van der Waals surface area contributed by atoms with Crippen LogP contribution in [0.3, 0.4) is 0 Å². The van der Waals surface area contributed by atoms with Crippen LogP contribution in [0.1, 0.15) is 12.8 Å². The number of nitrogens with one attached hydrogen (secondary N) is 2. The van der Waals surface area contributed by atoms with Crippen LogP contribution in [-0.4, -0.2) is 52.0 Å². The lowest BCUT2D eigenvalue weighted by atomic mass is 10.2. The summed E-state index contributed by atoms with van der Waals surface area (Å²) in [5, 5.41) is 5.96.